The number of hydrogen-bond acceptors (Lipinski definition) is 2. The summed E-state index contributed by atoms with van der Waals surface area (Å²) in [6.07, 6.45) is 3.29. The maximum Gasteiger partial charge on any atom is 0.273 e. The Morgan fingerprint density at radius 3 is 2.67 bits per heavy atom. The molecule has 136 valence electrons. The van der Waals surface area contributed by atoms with E-state index in [2.05, 4.69) is 10.3 Å². The molecule has 0 radical (unpaired) electrons. The second-order valence-electron chi connectivity index (χ2n) is 6.20. The molecule has 4 rings (SSSR count). The molecule has 1 N–H and O–H groups in total. The topological polar surface area (TPSA) is 51.9 Å². The van der Waals surface area contributed by atoms with E-state index in [1.54, 1.807) is 47.6 Å². The third kappa shape index (κ3) is 2.88. The second kappa shape index (κ2) is 6.55. The summed E-state index contributed by atoms with van der Waals surface area (Å²) in [6.45, 7) is 1.79. The highest BCUT2D eigenvalue weighted by atomic mass is 35.5. The van der Waals surface area contributed by atoms with Crippen LogP contribution in [0, 0.1) is 12.7 Å². The van der Waals surface area contributed by atoms with Crippen LogP contribution in [0.1, 0.15) is 16.3 Å². The summed E-state index contributed by atoms with van der Waals surface area (Å²) in [7, 11) is 1.77. The van der Waals surface area contributed by atoms with Gasteiger partial charge in [0.05, 0.1) is 10.7 Å². The van der Waals surface area contributed by atoms with E-state index >= 15 is 0 Å². The predicted octanol–water partition coefficient (Wildman–Crippen LogP) is 4.72. The highest BCUT2D eigenvalue weighted by molar-refractivity contribution is 6.39. The van der Waals surface area contributed by atoms with Crippen LogP contribution >= 0.6 is 11.6 Å². The Labute approximate surface area is 160 Å². The lowest BCUT2D eigenvalue weighted by atomic mass is 10.2. The van der Waals surface area contributed by atoms with Gasteiger partial charge in [0.2, 0.25) is 0 Å². The van der Waals surface area contributed by atoms with E-state index in [0.29, 0.717) is 27.9 Å². The summed E-state index contributed by atoms with van der Waals surface area (Å²) in [5, 5.41) is 3.89. The molecule has 0 saturated carbocycles. The van der Waals surface area contributed by atoms with Crippen molar-refractivity contribution in [3.8, 4) is 5.69 Å². The van der Waals surface area contributed by atoms with Crippen LogP contribution in [0.25, 0.3) is 16.6 Å². The van der Waals surface area contributed by atoms with Crippen LogP contribution in [-0.4, -0.2) is 20.0 Å². The third-order valence-corrected chi connectivity index (χ3v) is 4.93. The molecule has 0 aliphatic heterocycles. The fraction of sp³-hybridized carbons (Fsp3) is 0.100. The number of nitrogens with zero attached hydrogens (tertiary/aromatic N) is 3. The molecule has 7 heteroatoms. The molecule has 0 atom stereocenters. The van der Waals surface area contributed by atoms with E-state index in [-0.39, 0.29) is 0 Å². The summed E-state index contributed by atoms with van der Waals surface area (Å²) in [6, 6.07) is 12.0. The fourth-order valence-electron chi connectivity index (χ4n) is 3.20. The van der Waals surface area contributed by atoms with E-state index in [4.69, 9.17) is 11.6 Å². The molecule has 0 saturated heterocycles. The van der Waals surface area contributed by atoms with Gasteiger partial charge in [-0.3, -0.25) is 4.79 Å². The van der Waals surface area contributed by atoms with Crippen LogP contribution in [0.5, 0.6) is 0 Å². The Hall–Kier alpha value is -3.12. The maximum atomic E-state index is 14.5. The molecular formula is C20H16ClFN4O. The molecule has 27 heavy (non-hydrogen) atoms. The van der Waals surface area contributed by atoms with Crippen LogP contribution in [0.15, 0.2) is 54.9 Å². The monoisotopic (exact) mass is 382 g/mol. The first kappa shape index (κ1) is 17.3. The minimum Gasteiger partial charge on any atom is -0.338 e. The first-order valence-corrected chi connectivity index (χ1v) is 8.69. The lowest BCUT2D eigenvalue weighted by Crippen LogP contribution is -2.16. The summed E-state index contributed by atoms with van der Waals surface area (Å²) in [5.74, 6) is -0.185. The number of anilines is 1. The number of imidazole rings is 1. The van der Waals surface area contributed by atoms with Crippen LogP contribution < -0.4 is 5.32 Å². The zero-order valence-electron chi connectivity index (χ0n) is 14.7. The smallest absolute Gasteiger partial charge is 0.273 e. The molecule has 2 aromatic heterocycles. The number of hydrogen-bond donors (Lipinski definition) is 1. The normalized spacial score (nSPS) is 11.1. The zero-order valence-corrected chi connectivity index (χ0v) is 15.5. The molecule has 5 nitrogen and oxygen atoms in total. The number of benzene rings is 2. The van der Waals surface area contributed by atoms with E-state index in [1.807, 2.05) is 24.3 Å². The van der Waals surface area contributed by atoms with Gasteiger partial charge in [-0.05, 0) is 31.2 Å². The van der Waals surface area contributed by atoms with Crippen LogP contribution in [0.3, 0.4) is 0 Å². The average Bonchev–Trinajstić information content (AvgIpc) is 3.17. The number of carbonyl (C=O) groups is 1. The van der Waals surface area contributed by atoms with Crippen molar-refractivity contribution in [2.45, 2.75) is 6.92 Å². The number of aromatic nitrogens is 3. The van der Waals surface area contributed by atoms with Crippen molar-refractivity contribution in [2.24, 2.45) is 7.05 Å². The average molecular weight is 383 g/mol. The van der Waals surface area contributed by atoms with Crippen LogP contribution in [0.4, 0.5) is 10.1 Å². The fourth-order valence-corrected chi connectivity index (χ4v) is 3.57. The van der Waals surface area contributed by atoms with Gasteiger partial charge >= 0.3 is 0 Å². The van der Waals surface area contributed by atoms with Crippen molar-refractivity contribution in [3.63, 3.8) is 0 Å². The van der Waals surface area contributed by atoms with Crippen LogP contribution in [0.2, 0.25) is 5.02 Å². The lowest BCUT2D eigenvalue weighted by molar-refractivity contribution is 0.102. The summed E-state index contributed by atoms with van der Waals surface area (Å²) in [5.41, 5.74) is 1.89. The standard InChI is InChI=1S/C20H16ClFN4O/c1-12-23-9-10-26(12)17-8-7-13(11-15(17)22)24-20(27)19-18(21)14-5-3-4-6-16(14)25(19)2/h3-11H,1-2H3,(H,24,27). The van der Waals surface area contributed by atoms with Crippen molar-refractivity contribution in [1.82, 2.24) is 14.1 Å². The highest BCUT2D eigenvalue weighted by Gasteiger charge is 2.20. The minimum absolute atomic E-state index is 0.327. The van der Waals surface area contributed by atoms with Gasteiger partial charge in [0.15, 0.2) is 0 Å². The van der Waals surface area contributed by atoms with Gasteiger partial charge in [-0.25, -0.2) is 9.37 Å². The molecule has 0 spiro atoms. The Balaban J connectivity index is 1.66. The predicted molar refractivity (Wildman–Crippen MR) is 104 cm³/mol. The Kier molecular flexibility index (Phi) is 4.20. The van der Waals surface area contributed by atoms with Gasteiger partial charge in [0, 0.05) is 36.0 Å². The first-order valence-electron chi connectivity index (χ1n) is 8.31. The lowest BCUT2D eigenvalue weighted by Gasteiger charge is -2.10. The van der Waals surface area contributed by atoms with Gasteiger partial charge in [0.1, 0.15) is 17.3 Å². The summed E-state index contributed by atoms with van der Waals surface area (Å²) >= 11 is 6.40. The molecule has 0 bridgehead atoms. The van der Waals surface area contributed by atoms with Gasteiger partial charge in [-0.15, -0.1) is 0 Å². The number of fused-ring (bicyclic) bond motifs is 1. The number of carbonyl (C=O) groups excluding carboxylic acids is 1. The number of aryl methyl sites for hydroxylation is 2. The molecule has 1 amide bonds. The van der Waals surface area contributed by atoms with Crippen molar-refractivity contribution in [2.75, 3.05) is 5.32 Å². The molecular weight excluding hydrogens is 367 g/mol. The largest absolute Gasteiger partial charge is 0.338 e. The summed E-state index contributed by atoms with van der Waals surface area (Å²) in [4.78, 5) is 16.8. The number of nitrogens with one attached hydrogen (secondary N) is 1. The van der Waals surface area contributed by atoms with Crippen molar-refractivity contribution in [3.05, 3.63) is 77.2 Å². The van der Waals surface area contributed by atoms with Crippen molar-refractivity contribution < 1.29 is 9.18 Å². The minimum atomic E-state index is -0.461. The van der Waals surface area contributed by atoms with E-state index in [0.717, 1.165) is 10.9 Å². The SMILES string of the molecule is Cc1nccn1-c1ccc(NC(=O)c2c(Cl)c3ccccc3n2C)cc1F. The van der Waals surface area contributed by atoms with E-state index in [1.165, 1.54) is 6.07 Å². The molecule has 2 heterocycles. The molecule has 2 aromatic carbocycles. The van der Waals surface area contributed by atoms with Crippen molar-refractivity contribution >= 4 is 34.1 Å². The van der Waals surface area contributed by atoms with Crippen molar-refractivity contribution in [1.29, 1.82) is 0 Å². The Morgan fingerprint density at radius 1 is 1.22 bits per heavy atom. The summed E-state index contributed by atoms with van der Waals surface area (Å²) < 4.78 is 17.9. The number of halogens is 2. The van der Waals surface area contributed by atoms with Gasteiger partial charge in [-0.1, -0.05) is 29.8 Å². The molecule has 0 unspecified atom stereocenters. The number of para-hydroxylation sites is 1. The molecule has 0 aliphatic carbocycles. The number of amides is 1. The second-order valence-corrected chi connectivity index (χ2v) is 6.58. The van der Waals surface area contributed by atoms with Gasteiger partial charge in [-0.2, -0.15) is 0 Å². The Bertz CT molecular complexity index is 1140. The molecule has 0 aliphatic rings. The molecule has 4 aromatic rings. The van der Waals surface area contributed by atoms with E-state index < -0.39 is 11.7 Å². The number of rotatable bonds is 3. The van der Waals surface area contributed by atoms with Gasteiger partial charge < -0.3 is 14.5 Å². The molecule has 0 fully saturated rings. The van der Waals surface area contributed by atoms with Crippen LogP contribution in [-0.2, 0) is 7.05 Å². The first-order chi connectivity index (χ1) is 13.0. The zero-order chi connectivity index (χ0) is 19.1. The highest BCUT2D eigenvalue weighted by Crippen LogP contribution is 2.30. The quantitative estimate of drug-likeness (QED) is 0.557. The van der Waals surface area contributed by atoms with E-state index in [9.17, 15) is 9.18 Å². The van der Waals surface area contributed by atoms with Gasteiger partial charge in [0.25, 0.3) is 5.91 Å². The Morgan fingerprint density at radius 2 is 2.00 bits per heavy atom. The third-order valence-electron chi connectivity index (χ3n) is 4.55. The maximum absolute atomic E-state index is 14.5.